The van der Waals surface area contributed by atoms with Gasteiger partial charge < -0.3 is 19.7 Å². The molecule has 0 saturated carbocycles. The first-order valence-corrected chi connectivity index (χ1v) is 7.58. The third-order valence-corrected chi connectivity index (χ3v) is 3.82. The zero-order valence-corrected chi connectivity index (χ0v) is 13.6. The first-order chi connectivity index (χ1) is 10.9. The van der Waals surface area contributed by atoms with Crippen molar-refractivity contribution in [3.05, 3.63) is 30.5 Å². The van der Waals surface area contributed by atoms with Gasteiger partial charge in [0.05, 0.1) is 12.6 Å². The number of hydrogen-bond donors (Lipinski definition) is 2. The second-order valence-electron chi connectivity index (χ2n) is 5.78. The second kappa shape index (κ2) is 7.17. The maximum Gasteiger partial charge on any atom is 0.326 e. The number of aryl methyl sites for hydroxylation is 1. The average molecular weight is 318 g/mol. The van der Waals surface area contributed by atoms with Crippen LogP contribution < -0.4 is 10.1 Å². The van der Waals surface area contributed by atoms with Gasteiger partial charge in [0.25, 0.3) is 0 Å². The molecular weight excluding hydrogens is 296 g/mol. The van der Waals surface area contributed by atoms with Gasteiger partial charge in [-0.3, -0.25) is 4.79 Å². The molecule has 6 nitrogen and oxygen atoms in total. The van der Waals surface area contributed by atoms with Crippen molar-refractivity contribution in [1.82, 2.24) is 9.88 Å². The van der Waals surface area contributed by atoms with Gasteiger partial charge in [-0.2, -0.15) is 0 Å². The van der Waals surface area contributed by atoms with Crippen molar-refractivity contribution >= 4 is 22.8 Å². The maximum atomic E-state index is 12.0. The van der Waals surface area contributed by atoms with Gasteiger partial charge in [-0.15, -0.1) is 0 Å². The molecule has 0 aliphatic carbocycles. The predicted molar refractivity (Wildman–Crippen MR) is 87.5 cm³/mol. The van der Waals surface area contributed by atoms with Crippen molar-refractivity contribution in [2.45, 2.75) is 32.9 Å². The van der Waals surface area contributed by atoms with Crippen LogP contribution >= 0.6 is 0 Å². The van der Waals surface area contributed by atoms with Crippen LogP contribution in [0.2, 0.25) is 0 Å². The number of carbonyl (C=O) groups excluding carboxylic acids is 1. The van der Waals surface area contributed by atoms with Crippen LogP contribution in [0.25, 0.3) is 10.9 Å². The number of aromatic nitrogens is 1. The summed E-state index contributed by atoms with van der Waals surface area (Å²) in [6.07, 6.45) is 2.12. The largest absolute Gasteiger partial charge is 0.496 e. The monoisotopic (exact) mass is 318 g/mol. The van der Waals surface area contributed by atoms with Crippen LogP contribution in [0.5, 0.6) is 5.75 Å². The van der Waals surface area contributed by atoms with Crippen molar-refractivity contribution < 1.29 is 19.4 Å². The van der Waals surface area contributed by atoms with Gasteiger partial charge in [-0.05, 0) is 24.1 Å². The predicted octanol–water partition coefficient (Wildman–Crippen LogP) is 2.27. The quantitative estimate of drug-likeness (QED) is 0.820. The van der Waals surface area contributed by atoms with Crippen molar-refractivity contribution in [2.24, 2.45) is 5.92 Å². The Morgan fingerprint density at radius 3 is 2.65 bits per heavy atom. The molecule has 1 heterocycles. The Hall–Kier alpha value is -2.50. The number of hydrogen-bond acceptors (Lipinski definition) is 3. The average Bonchev–Trinajstić information content (AvgIpc) is 2.93. The minimum Gasteiger partial charge on any atom is -0.496 e. The summed E-state index contributed by atoms with van der Waals surface area (Å²) in [7, 11) is 1.62. The van der Waals surface area contributed by atoms with Crippen molar-refractivity contribution in [3.63, 3.8) is 0 Å². The van der Waals surface area contributed by atoms with Gasteiger partial charge in [0, 0.05) is 24.5 Å². The Morgan fingerprint density at radius 1 is 1.30 bits per heavy atom. The summed E-state index contributed by atoms with van der Waals surface area (Å²) in [6, 6.07) is 6.84. The van der Waals surface area contributed by atoms with Gasteiger partial charge in [0.1, 0.15) is 11.8 Å². The van der Waals surface area contributed by atoms with Crippen LogP contribution in [0.3, 0.4) is 0 Å². The van der Waals surface area contributed by atoms with E-state index in [1.165, 1.54) is 0 Å². The van der Waals surface area contributed by atoms with E-state index < -0.39 is 12.0 Å². The Balaban J connectivity index is 2.04. The summed E-state index contributed by atoms with van der Waals surface area (Å²) in [5.74, 6) is -0.648. The highest BCUT2D eigenvalue weighted by atomic mass is 16.5. The van der Waals surface area contributed by atoms with E-state index in [1.807, 2.05) is 35.0 Å². The number of benzene rings is 1. The number of rotatable bonds is 7. The molecule has 6 heteroatoms. The summed E-state index contributed by atoms with van der Waals surface area (Å²) in [4.78, 5) is 23.1. The van der Waals surface area contributed by atoms with E-state index in [1.54, 1.807) is 21.0 Å². The topological polar surface area (TPSA) is 80.6 Å². The van der Waals surface area contributed by atoms with Crippen molar-refractivity contribution in [3.8, 4) is 5.75 Å². The summed E-state index contributed by atoms with van der Waals surface area (Å²) >= 11 is 0. The first-order valence-electron chi connectivity index (χ1n) is 7.58. The Labute approximate surface area is 135 Å². The maximum absolute atomic E-state index is 12.0. The molecule has 2 N–H and O–H groups in total. The molecule has 1 atom stereocenters. The lowest BCUT2D eigenvalue weighted by Crippen LogP contribution is -2.44. The number of fused-ring (bicyclic) bond motifs is 1. The SMILES string of the molecule is COc1cccc2c1ccn2CCC(=O)N[C@H](C(=O)O)C(C)C. The number of nitrogens with zero attached hydrogens (tertiary/aromatic N) is 1. The van der Waals surface area contributed by atoms with E-state index in [0.717, 1.165) is 16.7 Å². The van der Waals surface area contributed by atoms with E-state index in [0.29, 0.717) is 6.54 Å². The number of nitrogens with one attached hydrogen (secondary N) is 1. The number of methoxy groups -OCH3 is 1. The smallest absolute Gasteiger partial charge is 0.326 e. The third-order valence-electron chi connectivity index (χ3n) is 3.82. The minimum atomic E-state index is -1.01. The molecule has 0 aliphatic heterocycles. The fourth-order valence-corrected chi connectivity index (χ4v) is 2.55. The molecule has 0 radical (unpaired) electrons. The lowest BCUT2D eigenvalue weighted by molar-refractivity contribution is -0.143. The summed E-state index contributed by atoms with van der Waals surface area (Å²) in [5.41, 5.74) is 0.982. The second-order valence-corrected chi connectivity index (χ2v) is 5.78. The molecular formula is C17H22N2O4. The Morgan fingerprint density at radius 2 is 2.04 bits per heavy atom. The van der Waals surface area contributed by atoms with Gasteiger partial charge >= 0.3 is 5.97 Å². The van der Waals surface area contributed by atoms with Crippen LogP contribution in [-0.4, -0.2) is 34.7 Å². The molecule has 0 aliphatic rings. The van der Waals surface area contributed by atoms with E-state index in [-0.39, 0.29) is 18.2 Å². The fraction of sp³-hybridized carbons (Fsp3) is 0.412. The minimum absolute atomic E-state index is 0.159. The lowest BCUT2D eigenvalue weighted by Gasteiger charge is -2.18. The van der Waals surface area contributed by atoms with Crippen LogP contribution in [0.4, 0.5) is 0 Å². The zero-order valence-electron chi connectivity index (χ0n) is 13.6. The molecule has 2 aromatic rings. The highest BCUT2D eigenvalue weighted by molar-refractivity contribution is 5.87. The van der Waals surface area contributed by atoms with E-state index in [2.05, 4.69) is 5.32 Å². The van der Waals surface area contributed by atoms with Gasteiger partial charge in [0.15, 0.2) is 0 Å². The molecule has 2 rings (SSSR count). The molecule has 0 saturated heterocycles. The standard InChI is InChI=1S/C17H22N2O4/c1-11(2)16(17(21)22)18-15(20)8-10-19-9-7-12-13(19)5-4-6-14(12)23-3/h4-7,9,11,16H,8,10H2,1-3H3,(H,18,20)(H,21,22)/t16-/m0/s1. The number of aliphatic carboxylic acids is 1. The molecule has 0 spiro atoms. The van der Waals surface area contributed by atoms with Crippen LogP contribution in [0.15, 0.2) is 30.5 Å². The van der Waals surface area contributed by atoms with Gasteiger partial charge in [0.2, 0.25) is 5.91 Å². The summed E-state index contributed by atoms with van der Waals surface area (Å²) < 4.78 is 7.27. The van der Waals surface area contributed by atoms with Crippen LogP contribution in [0.1, 0.15) is 20.3 Å². The summed E-state index contributed by atoms with van der Waals surface area (Å²) in [6.45, 7) is 4.02. The number of ether oxygens (including phenoxy) is 1. The fourth-order valence-electron chi connectivity index (χ4n) is 2.55. The van der Waals surface area contributed by atoms with E-state index in [9.17, 15) is 9.59 Å². The lowest BCUT2D eigenvalue weighted by atomic mass is 10.0. The van der Waals surface area contributed by atoms with Crippen LogP contribution in [0, 0.1) is 5.92 Å². The first kappa shape index (κ1) is 16.9. The number of carboxylic acid groups (broad SMARTS) is 1. The highest BCUT2D eigenvalue weighted by Gasteiger charge is 2.23. The normalized spacial score (nSPS) is 12.3. The number of carboxylic acids is 1. The summed E-state index contributed by atoms with van der Waals surface area (Å²) in [5, 5.41) is 12.7. The number of amides is 1. The Kier molecular flexibility index (Phi) is 5.26. The molecule has 0 unspecified atom stereocenters. The zero-order chi connectivity index (χ0) is 17.0. The van der Waals surface area contributed by atoms with E-state index >= 15 is 0 Å². The molecule has 0 fully saturated rings. The molecule has 23 heavy (non-hydrogen) atoms. The molecule has 1 aromatic carbocycles. The number of carbonyl (C=O) groups is 2. The molecule has 124 valence electrons. The van der Waals surface area contributed by atoms with Crippen LogP contribution in [-0.2, 0) is 16.1 Å². The molecule has 1 aromatic heterocycles. The molecule has 1 amide bonds. The van der Waals surface area contributed by atoms with Gasteiger partial charge in [-0.25, -0.2) is 4.79 Å². The molecule has 0 bridgehead atoms. The van der Waals surface area contributed by atoms with Crippen molar-refractivity contribution in [1.29, 1.82) is 0 Å². The van der Waals surface area contributed by atoms with E-state index in [4.69, 9.17) is 9.84 Å². The van der Waals surface area contributed by atoms with Crippen molar-refractivity contribution in [2.75, 3.05) is 7.11 Å². The Bertz CT molecular complexity index is 706. The highest BCUT2D eigenvalue weighted by Crippen LogP contribution is 2.26. The van der Waals surface area contributed by atoms with Gasteiger partial charge in [-0.1, -0.05) is 19.9 Å². The third kappa shape index (κ3) is 3.83.